The molecular formula is C41H30N2O6. The molecule has 8 heteroatoms. The third kappa shape index (κ3) is 7.61. The number of carbonyl (C=O) groups is 4. The monoisotopic (exact) mass is 646 g/mol. The third-order valence-electron chi connectivity index (χ3n) is 8.04. The summed E-state index contributed by atoms with van der Waals surface area (Å²) in [6.45, 7) is 0. The molecular weight excluding hydrogens is 616 g/mol. The number of carboxylic acids is 2. The van der Waals surface area contributed by atoms with Crippen LogP contribution in [0.15, 0.2) is 146 Å². The molecule has 0 aliphatic carbocycles. The molecule has 0 spiro atoms. The second kappa shape index (κ2) is 14.3. The molecule has 0 heterocycles. The number of amides is 2. The zero-order chi connectivity index (χ0) is 34.3. The molecule has 0 unspecified atom stereocenters. The fraction of sp³-hybridized carbons (Fsp3) is 0.0244. The lowest BCUT2D eigenvalue weighted by Crippen LogP contribution is -2.16. The van der Waals surface area contributed by atoms with Crippen LogP contribution in [0.5, 0.6) is 0 Å². The van der Waals surface area contributed by atoms with E-state index >= 15 is 0 Å². The first-order valence-corrected chi connectivity index (χ1v) is 15.4. The van der Waals surface area contributed by atoms with Gasteiger partial charge >= 0.3 is 11.9 Å². The number of hydrogen-bond donors (Lipinski definition) is 4. The van der Waals surface area contributed by atoms with Gasteiger partial charge in [0.05, 0.1) is 22.3 Å². The van der Waals surface area contributed by atoms with Gasteiger partial charge in [-0.25, -0.2) is 9.59 Å². The van der Waals surface area contributed by atoms with E-state index in [-0.39, 0.29) is 22.3 Å². The number of anilines is 2. The van der Waals surface area contributed by atoms with Crippen molar-refractivity contribution in [3.8, 4) is 22.3 Å². The summed E-state index contributed by atoms with van der Waals surface area (Å²) in [7, 11) is 0. The Kier molecular flexibility index (Phi) is 9.39. The van der Waals surface area contributed by atoms with Gasteiger partial charge in [-0.15, -0.1) is 0 Å². The molecule has 0 aliphatic heterocycles. The maximum Gasteiger partial charge on any atom is 0.336 e. The van der Waals surface area contributed by atoms with Gasteiger partial charge in [0.25, 0.3) is 11.8 Å². The summed E-state index contributed by atoms with van der Waals surface area (Å²) in [5, 5.41) is 25.2. The summed E-state index contributed by atoms with van der Waals surface area (Å²) in [6, 6.07) is 42.7. The molecule has 4 N–H and O–H groups in total. The Bertz CT molecular complexity index is 2000. The van der Waals surface area contributed by atoms with Crippen LogP contribution in [0.2, 0.25) is 0 Å². The second-order valence-corrected chi connectivity index (χ2v) is 11.3. The van der Waals surface area contributed by atoms with E-state index in [1.807, 2.05) is 84.9 Å². The van der Waals surface area contributed by atoms with Gasteiger partial charge in [-0.2, -0.15) is 0 Å². The Morgan fingerprint density at radius 1 is 0.408 bits per heavy atom. The van der Waals surface area contributed by atoms with E-state index in [0.717, 1.165) is 22.3 Å². The van der Waals surface area contributed by atoms with Crippen LogP contribution in [0.4, 0.5) is 11.4 Å². The van der Waals surface area contributed by atoms with Crippen LogP contribution in [0.3, 0.4) is 0 Å². The average molecular weight is 647 g/mol. The fourth-order valence-electron chi connectivity index (χ4n) is 5.50. The van der Waals surface area contributed by atoms with Crippen molar-refractivity contribution >= 4 is 35.1 Å². The Labute approximate surface area is 282 Å². The Balaban J connectivity index is 1.08. The number of rotatable bonds is 10. The van der Waals surface area contributed by atoms with E-state index in [4.69, 9.17) is 0 Å². The predicted octanol–water partition coefficient (Wildman–Crippen LogP) is 8.51. The molecule has 6 aromatic rings. The minimum Gasteiger partial charge on any atom is -0.478 e. The van der Waals surface area contributed by atoms with Crippen molar-refractivity contribution < 1.29 is 29.4 Å². The summed E-state index contributed by atoms with van der Waals surface area (Å²) in [6.07, 6.45) is 0.580. The van der Waals surface area contributed by atoms with Crippen LogP contribution in [-0.2, 0) is 6.42 Å². The molecule has 6 rings (SSSR count). The summed E-state index contributed by atoms with van der Waals surface area (Å²) in [5.41, 5.74) is 6.05. The number of carboxylic acid groups (broad SMARTS) is 2. The molecule has 2 amide bonds. The number of benzene rings is 6. The molecule has 6 aromatic carbocycles. The van der Waals surface area contributed by atoms with Crippen molar-refractivity contribution in [3.05, 3.63) is 179 Å². The zero-order valence-corrected chi connectivity index (χ0v) is 26.1. The summed E-state index contributed by atoms with van der Waals surface area (Å²) in [4.78, 5) is 50.1. The highest BCUT2D eigenvalue weighted by Crippen LogP contribution is 2.26. The smallest absolute Gasteiger partial charge is 0.336 e. The number of aromatic carboxylic acids is 2. The summed E-state index contributed by atoms with van der Waals surface area (Å²) in [5.74, 6) is -3.42. The molecule has 240 valence electrons. The normalized spacial score (nSPS) is 10.6. The van der Waals surface area contributed by atoms with E-state index in [2.05, 4.69) is 10.6 Å². The van der Waals surface area contributed by atoms with Gasteiger partial charge in [0.1, 0.15) is 0 Å². The summed E-state index contributed by atoms with van der Waals surface area (Å²) >= 11 is 0. The fourth-order valence-corrected chi connectivity index (χ4v) is 5.50. The molecule has 0 bridgehead atoms. The minimum atomic E-state index is -1.19. The molecule has 49 heavy (non-hydrogen) atoms. The Hall–Kier alpha value is -6.80. The van der Waals surface area contributed by atoms with Gasteiger partial charge in [-0.3, -0.25) is 9.59 Å². The molecule has 8 nitrogen and oxygen atoms in total. The molecule has 0 fully saturated rings. The lowest BCUT2D eigenvalue weighted by atomic mass is 9.98. The molecule has 0 saturated heterocycles. The van der Waals surface area contributed by atoms with E-state index in [9.17, 15) is 29.4 Å². The maximum atomic E-state index is 13.1. The van der Waals surface area contributed by atoms with Gasteiger partial charge in [-0.1, -0.05) is 97.1 Å². The van der Waals surface area contributed by atoms with E-state index in [1.54, 1.807) is 36.4 Å². The van der Waals surface area contributed by atoms with Crippen molar-refractivity contribution in [2.45, 2.75) is 6.42 Å². The van der Waals surface area contributed by atoms with Crippen LogP contribution >= 0.6 is 0 Å². The lowest BCUT2D eigenvalue weighted by molar-refractivity contribution is 0.0683. The van der Waals surface area contributed by atoms with Crippen LogP contribution in [0.25, 0.3) is 22.3 Å². The van der Waals surface area contributed by atoms with Crippen molar-refractivity contribution in [1.82, 2.24) is 0 Å². The molecule has 0 aliphatic rings. The van der Waals surface area contributed by atoms with Gasteiger partial charge in [0, 0.05) is 11.4 Å². The van der Waals surface area contributed by atoms with Crippen LogP contribution in [-0.4, -0.2) is 34.0 Å². The third-order valence-corrected chi connectivity index (χ3v) is 8.04. The lowest BCUT2D eigenvalue weighted by Gasteiger charge is -2.11. The van der Waals surface area contributed by atoms with Gasteiger partial charge in [-0.05, 0) is 88.3 Å². The first-order chi connectivity index (χ1) is 23.7. The predicted molar refractivity (Wildman–Crippen MR) is 189 cm³/mol. The van der Waals surface area contributed by atoms with Crippen molar-refractivity contribution in [2.24, 2.45) is 0 Å². The molecule has 0 radical (unpaired) electrons. The Morgan fingerprint density at radius 2 is 0.776 bits per heavy atom. The standard InChI is InChI=1S/C41H30N2O6/c44-38(34-21-15-30(24-36(34)40(46)47)28-7-3-1-4-8-28)42-32-17-11-26(12-18-32)23-27-13-19-33(20-14-27)43-39(45)35-22-16-31(25-37(35)41(48)49)29-9-5-2-6-10-29/h1-22,24-25H,23H2,(H,42,44)(H,43,45)(H,46,47)(H,48,49). The second-order valence-electron chi connectivity index (χ2n) is 11.3. The zero-order valence-electron chi connectivity index (χ0n) is 26.1. The quantitative estimate of drug-likeness (QED) is 0.118. The SMILES string of the molecule is O=C(O)c1cc(-c2ccccc2)ccc1C(=O)Nc1ccc(Cc2ccc(NC(=O)c3ccc(-c4ccccc4)cc3C(=O)O)cc2)cc1. The van der Waals surface area contributed by atoms with Gasteiger partial charge < -0.3 is 20.8 Å². The van der Waals surface area contributed by atoms with E-state index in [1.165, 1.54) is 24.3 Å². The average Bonchev–Trinajstić information content (AvgIpc) is 3.13. The number of carbonyl (C=O) groups excluding carboxylic acids is 2. The minimum absolute atomic E-state index is 0.0619. The van der Waals surface area contributed by atoms with E-state index < -0.39 is 23.8 Å². The molecule has 0 atom stereocenters. The van der Waals surface area contributed by atoms with Crippen molar-refractivity contribution in [3.63, 3.8) is 0 Å². The van der Waals surface area contributed by atoms with E-state index in [0.29, 0.717) is 28.9 Å². The van der Waals surface area contributed by atoms with Crippen LogP contribution < -0.4 is 10.6 Å². The first kappa shape index (κ1) is 32.2. The molecule has 0 saturated carbocycles. The van der Waals surface area contributed by atoms with Crippen molar-refractivity contribution in [2.75, 3.05) is 10.6 Å². The topological polar surface area (TPSA) is 133 Å². The van der Waals surface area contributed by atoms with Crippen LogP contribution in [0, 0.1) is 0 Å². The number of hydrogen-bond acceptors (Lipinski definition) is 4. The van der Waals surface area contributed by atoms with Gasteiger partial charge in [0.2, 0.25) is 0 Å². The largest absolute Gasteiger partial charge is 0.478 e. The maximum absolute atomic E-state index is 13.1. The number of nitrogens with one attached hydrogen (secondary N) is 2. The molecule has 0 aromatic heterocycles. The summed E-state index contributed by atoms with van der Waals surface area (Å²) < 4.78 is 0. The first-order valence-electron chi connectivity index (χ1n) is 15.4. The highest BCUT2D eigenvalue weighted by molar-refractivity contribution is 6.12. The van der Waals surface area contributed by atoms with Gasteiger partial charge in [0.15, 0.2) is 0 Å². The highest BCUT2D eigenvalue weighted by atomic mass is 16.4. The van der Waals surface area contributed by atoms with Crippen molar-refractivity contribution in [1.29, 1.82) is 0 Å². The Morgan fingerprint density at radius 3 is 1.12 bits per heavy atom. The van der Waals surface area contributed by atoms with Crippen LogP contribution in [0.1, 0.15) is 52.6 Å². The highest BCUT2D eigenvalue weighted by Gasteiger charge is 2.19.